The molecule has 0 aliphatic carbocycles. The number of nitrogens with zero attached hydrogens (tertiary/aromatic N) is 4. The monoisotopic (exact) mass is 559 g/mol. The molecule has 1 atom stereocenters. The third kappa shape index (κ3) is 6.98. The molecule has 1 fully saturated rings. The van der Waals surface area contributed by atoms with Gasteiger partial charge in [-0.1, -0.05) is 11.6 Å². The maximum absolute atomic E-state index is 13.4. The first-order valence-corrected chi connectivity index (χ1v) is 13.9. The van der Waals surface area contributed by atoms with Crippen LogP contribution in [0.3, 0.4) is 0 Å². The number of hydrogen-bond acceptors (Lipinski definition) is 10. The van der Waals surface area contributed by atoms with E-state index in [1.54, 1.807) is 46.4 Å². The van der Waals surface area contributed by atoms with Gasteiger partial charge in [-0.15, -0.1) is 15.6 Å². The molecule has 1 aliphatic rings. The number of rotatable bonds is 5. The number of likely N-dealkylation sites (tertiary alicyclic amines) is 1. The van der Waals surface area contributed by atoms with E-state index in [1.807, 2.05) is 0 Å². The van der Waals surface area contributed by atoms with Crippen LogP contribution in [0.15, 0.2) is 28.0 Å². The third-order valence-corrected chi connectivity index (χ3v) is 7.22. The number of amides is 2. The lowest BCUT2D eigenvalue weighted by molar-refractivity contribution is 0.0293. The lowest BCUT2D eigenvalue weighted by Gasteiger charge is -2.25. The molecular formula is C22H30ClN5O6S2. The Morgan fingerprint density at radius 1 is 1.17 bits per heavy atom. The van der Waals surface area contributed by atoms with Gasteiger partial charge in [-0.25, -0.2) is 28.0 Å². The Bertz CT molecular complexity index is 1210. The van der Waals surface area contributed by atoms with Gasteiger partial charge in [0.2, 0.25) is 0 Å². The second-order valence-corrected chi connectivity index (χ2v) is 13.1. The predicted molar refractivity (Wildman–Crippen MR) is 137 cm³/mol. The smallest absolute Gasteiger partial charge is 0.430 e. The van der Waals surface area contributed by atoms with Crippen molar-refractivity contribution in [2.45, 2.75) is 70.1 Å². The van der Waals surface area contributed by atoms with E-state index in [-0.39, 0.29) is 27.6 Å². The fourth-order valence-corrected chi connectivity index (χ4v) is 5.37. The molecule has 198 valence electrons. The van der Waals surface area contributed by atoms with Crippen molar-refractivity contribution >= 4 is 56.8 Å². The second kappa shape index (κ2) is 10.4. The van der Waals surface area contributed by atoms with E-state index in [2.05, 4.69) is 15.3 Å². The van der Waals surface area contributed by atoms with Crippen molar-refractivity contribution in [2.75, 3.05) is 22.7 Å². The Morgan fingerprint density at radius 2 is 1.83 bits per heavy atom. The Kier molecular flexibility index (Phi) is 8.06. The zero-order chi connectivity index (χ0) is 26.9. The van der Waals surface area contributed by atoms with Crippen LogP contribution in [0.5, 0.6) is 0 Å². The summed E-state index contributed by atoms with van der Waals surface area (Å²) < 4.78 is 38.0. The molecule has 2 aromatic rings. The molecule has 0 aromatic carbocycles. The molecular weight excluding hydrogens is 530 g/mol. The van der Waals surface area contributed by atoms with Gasteiger partial charge in [0.15, 0.2) is 5.82 Å². The van der Waals surface area contributed by atoms with Crippen LogP contribution in [0, 0.1) is 0 Å². The number of anilines is 2. The molecule has 0 bridgehead atoms. The fraction of sp³-hybridized carbons (Fsp3) is 0.545. The van der Waals surface area contributed by atoms with Crippen LogP contribution in [0.25, 0.3) is 0 Å². The van der Waals surface area contributed by atoms with Crippen LogP contribution >= 0.6 is 22.9 Å². The zero-order valence-electron chi connectivity index (χ0n) is 20.9. The van der Waals surface area contributed by atoms with E-state index in [4.69, 9.17) is 21.1 Å². The Hall–Kier alpha value is -2.64. The van der Waals surface area contributed by atoms with Gasteiger partial charge in [-0.05, 0) is 54.0 Å². The largest absolute Gasteiger partial charge is 0.444 e. The average molecular weight is 560 g/mol. The molecule has 1 unspecified atom stereocenters. The highest BCUT2D eigenvalue weighted by atomic mass is 35.5. The number of sulfonamides is 1. The highest BCUT2D eigenvalue weighted by molar-refractivity contribution is 7.93. The van der Waals surface area contributed by atoms with Gasteiger partial charge in [-0.2, -0.15) is 0 Å². The van der Waals surface area contributed by atoms with Crippen LogP contribution in [0.2, 0.25) is 5.02 Å². The van der Waals surface area contributed by atoms with Gasteiger partial charge in [0.05, 0.1) is 10.5 Å². The number of nitrogens with one attached hydrogen (secondary N) is 1. The number of carbonyl (C=O) groups excluding carboxylic acids is 2. The molecule has 1 aliphatic heterocycles. The van der Waals surface area contributed by atoms with E-state index in [1.165, 1.54) is 17.0 Å². The number of thiazole rings is 1. The van der Waals surface area contributed by atoms with Crippen LogP contribution in [-0.2, 0) is 19.5 Å². The summed E-state index contributed by atoms with van der Waals surface area (Å²) in [6.45, 7) is 11.2. The molecule has 2 aromatic heterocycles. The van der Waals surface area contributed by atoms with Crippen molar-refractivity contribution in [1.82, 2.24) is 14.9 Å². The first kappa shape index (κ1) is 27.9. The summed E-state index contributed by atoms with van der Waals surface area (Å²) in [4.78, 5) is 34.5. The minimum Gasteiger partial charge on any atom is -0.444 e. The molecule has 1 saturated heterocycles. The standard InChI is InChI=1S/C22H30ClN5O6S2/c1-21(2,3)33-19(29)27-8-7-14(11-27)26-18-16(23)9-15(10-24-18)36(31,32)28(17-12-35-13-25-17)20(30)34-22(4,5)6/h9-10,12-14H,7-8,11H2,1-6H3,(H,24,26). The molecule has 36 heavy (non-hydrogen) atoms. The molecule has 11 nitrogen and oxygen atoms in total. The number of halogens is 1. The molecule has 3 heterocycles. The summed E-state index contributed by atoms with van der Waals surface area (Å²) in [7, 11) is -4.44. The van der Waals surface area contributed by atoms with Crippen molar-refractivity contribution in [1.29, 1.82) is 0 Å². The Morgan fingerprint density at radius 3 is 2.39 bits per heavy atom. The van der Waals surface area contributed by atoms with Crippen molar-refractivity contribution in [3.05, 3.63) is 28.2 Å². The minimum absolute atomic E-state index is 0.0363. The van der Waals surface area contributed by atoms with E-state index >= 15 is 0 Å². The third-order valence-electron chi connectivity index (χ3n) is 4.72. The maximum atomic E-state index is 13.4. The van der Waals surface area contributed by atoms with E-state index in [0.29, 0.717) is 23.8 Å². The van der Waals surface area contributed by atoms with Gasteiger partial charge in [0, 0.05) is 30.7 Å². The number of aromatic nitrogens is 2. The molecule has 0 saturated carbocycles. The number of hydrogen-bond donors (Lipinski definition) is 1. The van der Waals surface area contributed by atoms with Gasteiger partial charge in [0.1, 0.15) is 21.9 Å². The average Bonchev–Trinajstić information content (AvgIpc) is 3.39. The predicted octanol–water partition coefficient (Wildman–Crippen LogP) is 4.74. The molecule has 2 amide bonds. The first-order chi connectivity index (χ1) is 16.6. The van der Waals surface area contributed by atoms with Crippen molar-refractivity contribution in [3.8, 4) is 0 Å². The quantitative estimate of drug-likeness (QED) is 0.551. The minimum atomic E-state index is -4.44. The summed E-state index contributed by atoms with van der Waals surface area (Å²) in [5.74, 6) is 0.157. The van der Waals surface area contributed by atoms with Crippen LogP contribution < -0.4 is 9.62 Å². The van der Waals surface area contributed by atoms with Gasteiger partial charge in [0.25, 0.3) is 10.0 Å². The zero-order valence-corrected chi connectivity index (χ0v) is 23.3. The molecule has 1 N–H and O–H groups in total. The molecule has 14 heteroatoms. The second-order valence-electron chi connectivity index (χ2n) is 10.2. The highest BCUT2D eigenvalue weighted by Crippen LogP contribution is 2.30. The summed E-state index contributed by atoms with van der Waals surface area (Å²) in [6.07, 6.45) is 0.234. The summed E-state index contributed by atoms with van der Waals surface area (Å²) in [6, 6.07) is 1.05. The lowest BCUT2D eigenvalue weighted by atomic mass is 10.2. The maximum Gasteiger partial charge on any atom is 0.430 e. The van der Waals surface area contributed by atoms with Crippen LogP contribution in [0.4, 0.5) is 21.2 Å². The summed E-state index contributed by atoms with van der Waals surface area (Å²) in [5.41, 5.74) is -0.123. The molecule has 3 rings (SSSR count). The number of carbonyl (C=O) groups is 2. The van der Waals surface area contributed by atoms with Gasteiger partial charge < -0.3 is 19.7 Å². The van der Waals surface area contributed by atoms with Crippen LogP contribution in [0.1, 0.15) is 48.0 Å². The lowest BCUT2D eigenvalue weighted by Crippen LogP contribution is -2.41. The van der Waals surface area contributed by atoms with E-state index in [9.17, 15) is 18.0 Å². The first-order valence-electron chi connectivity index (χ1n) is 11.1. The summed E-state index contributed by atoms with van der Waals surface area (Å²) >= 11 is 7.50. The highest BCUT2D eigenvalue weighted by Gasteiger charge is 2.37. The van der Waals surface area contributed by atoms with E-state index < -0.39 is 33.4 Å². The molecule has 0 spiro atoms. The number of pyridine rings is 1. The normalized spacial score (nSPS) is 16.5. The number of ether oxygens (including phenoxy) is 2. The van der Waals surface area contributed by atoms with E-state index in [0.717, 1.165) is 17.5 Å². The Labute approximate surface area is 219 Å². The topological polar surface area (TPSA) is 131 Å². The van der Waals surface area contributed by atoms with Crippen molar-refractivity contribution in [2.24, 2.45) is 0 Å². The fourth-order valence-electron chi connectivity index (χ4n) is 3.26. The summed E-state index contributed by atoms with van der Waals surface area (Å²) in [5, 5.41) is 4.60. The van der Waals surface area contributed by atoms with Gasteiger partial charge >= 0.3 is 12.2 Å². The van der Waals surface area contributed by atoms with Crippen molar-refractivity contribution in [3.63, 3.8) is 0 Å². The van der Waals surface area contributed by atoms with Crippen molar-refractivity contribution < 1.29 is 27.5 Å². The van der Waals surface area contributed by atoms with Gasteiger partial charge in [-0.3, -0.25) is 0 Å². The Balaban J connectivity index is 1.78. The SMILES string of the molecule is CC(C)(C)OC(=O)N1CCC(Nc2ncc(S(=O)(=O)N(C(=O)OC(C)(C)C)c3cscn3)cc2Cl)C1. The molecule has 0 radical (unpaired) electrons. The van der Waals surface area contributed by atoms with Crippen LogP contribution in [-0.4, -0.2) is 65.8 Å².